The summed E-state index contributed by atoms with van der Waals surface area (Å²) in [5.74, 6) is -0.676. The van der Waals surface area contributed by atoms with E-state index in [0.717, 1.165) is 0 Å². The Balaban J connectivity index is 2.36. The number of nitrogens with zero attached hydrogens (tertiary/aromatic N) is 3. The standard InChI is InChI=1S/C12H13N3O3/c1-2-18-12(17)11(16)9-5-3-4-6-10(9)15-8-13-7-14-15/h3-8,11,16H,2H2,1H3. The summed E-state index contributed by atoms with van der Waals surface area (Å²) in [6.45, 7) is 1.91. The fraction of sp³-hybridized carbons (Fsp3) is 0.250. The molecule has 0 amide bonds. The lowest BCUT2D eigenvalue weighted by atomic mass is 10.1. The first-order valence-corrected chi connectivity index (χ1v) is 5.52. The van der Waals surface area contributed by atoms with Crippen molar-refractivity contribution >= 4 is 5.97 Å². The van der Waals surface area contributed by atoms with Crippen LogP contribution in [0.3, 0.4) is 0 Å². The van der Waals surface area contributed by atoms with E-state index in [2.05, 4.69) is 10.1 Å². The zero-order valence-electron chi connectivity index (χ0n) is 9.85. The Bertz CT molecular complexity index is 525. The topological polar surface area (TPSA) is 77.2 Å². The van der Waals surface area contributed by atoms with E-state index < -0.39 is 12.1 Å². The van der Waals surface area contributed by atoms with E-state index in [-0.39, 0.29) is 6.61 Å². The molecule has 6 heteroatoms. The lowest BCUT2D eigenvalue weighted by Crippen LogP contribution is -2.17. The van der Waals surface area contributed by atoms with Crippen LogP contribution in [0.15, 0.2) is 36.9 Å². The number of carbonyl (C=O) groups excluding carboxylic acids is 1. The maximum absolute atomic E-state index is 11.5. The molecule has 1 unspecified atom stereocenters. The first-order valence-electron chi connectivity index (χ1n) is 5.52. The van der Waals surface area contributed by atoms with E-state index in [0.29, 0.717) is 11.3 Å². The highest BCUT2D eigenvalue weighted by molar-refractivity contribution is 5.77. The van der Waals surface area contributed by atoms with Gasteiger partial charge in [-0.2, -0.15) is 5.10 Å². The minimum Gasteiger partial charge on any atom is -0.464 e. The number of para-hydroxylation sites is 1. The van der Waals surface area contributed by atoms with Gasteiger partial charge in [-0.05, 0) is 13.0 Å². The summed E-state index contributed by atoms with van der Waals surface area (Å²) in [5.41, 5.74) is 1.03. The third-order valence-corrected chi connectivity index (χ3v) is 2.41. The molecule has 1 aromatic heterocycles. The van der Waals surface area contributed by atoms with Crippen LogP contribution in [0.1, 0.15) is 18.6 Å². The molecule has 0 saturated carbocycles. The van der Waals surface area contributed by atoms with Crippen molar-refractivity contribution in [1.29, 1.82) is 0 Å². The Morgan fingerprint density at radius 3 is 2.94 bits per heavy atom. The van der Waals surface area contributed by atoms with E-state index in [4.69, 9.17) is 4.74 Å². The van der Waals surface area contributed by atoms with Crippen molar-refractivity contribution in [1.82, 2.24) is 14.8 Å². The first kappa shape index (κ1) is 12.3. The number of hydrogen-bond donors (Lipinski definition) is 1. The predicted octanol–water partition coefficient (Wildman–Crippen LogP) is 0.864. The molecule has 0 bridgehead atoms. The van der Waals surface area contributed by atoms with Gasteiger partial charge in [0.1, 0.15) is 12.7 Å². The molecule has 1 heterocycles. The van der Waals surface area contributed by atoms with Crippen LogP contribution in [-0.4, -0.2) is 32.4 Å². The minimum atomic E-state index is -1.33. The number of carbonyl (C=O) groups is 1. The highest BCUT2D eigenvalue weighted by Crippen LogP contribution is 2.21. The Labute approximate surface area is 104 Å². The number of ether oxygens (including phenoxy) is 1. The van der Waals surface area contributed by atoms with E-state index in [9.17, 15) is 9.90 Å². The van der Waals surface area contributed by atoms with Crippen LogP contribution in [0.25, 0.3) is 5.69 Å². The molecule has 0 radical (unpaired) electrons. The molecule has 2 aromatic rings. The second kappa shape index (κ2) is 5.42. The van der Waals surface area contributed by atoms with Crippen molar-refractivity contribution in [3.8, 4) is 5.69 Å². The number of esters is 1. The molecule has 2 rings (SSSR count). The Morgan fingerprint density at radius 1 is 1.50 bits per heavy atom. The highest BCUT2D eigenvalue weighted by atomic mass is 16.5. The number of aliphatic hydroxyl groups excluding tert-OH is 1. The average Bonchev–Trinajstić information content (AvgIpc) is 2.92. The molecule has 94 valence electrons. The Hall–Kier alpha value is -2.21. The third kappa shape index (κ3) is 2.38. The Kier molecular flexibility index (Phi) is 3.69. The predicted molar refractivity (Wildman–Crippen MR) is 63.0 cm³/mol. The minimum absolute atomic E-state index is 0.224. The normalized spacial score (nSPS) is 12.1. The van der Waals surface area contributed by atoms with Crippen LogP contribution in [0.4, 0.5) is 0 Å². The highest BCUT2D eigenvalue weighted by Gasteiger charge is 2.22. The molecule has 1 atom stereocenters. The van der Waals surface area contributed by atoms with Gasteiger partial charge in [-0.15, -0.1) is 0 Å². The number of rotatable bonds is 4. The molecule has 1 aromatic carbocycles. The van der Waals surface area contributed by atoms with E-state index in [1.54, 1.807) is 31.2 Å². The molecule has 1 N–H and O–H groups in total. The van der Waals surface area contributed by atoms with Crippen LogP contribution in [0, 0.1) is 0 Å². The average molecular weight is 247 g/mol. The smallest absolute Gasteiger partial charge is 0.339 e. The van der Waals surface area contributed by atoms with E-state index >= 15 is 0 Å². The summed E-state index contributed by atoms with van der Waals surface area (Å²) in [4.78, 5) is 15.4. The van der Waals surface area contributed by atoms with Crippen LogP contribution in [0.2, 0.25) is 0 Å². The number of hydrogen-bond acceptors (Lipinski definition) is 5. The summed E-state index contributed by atoms with van der Waals surface area (Å²) in [5, 5.41) is 13.9. The van der Waals surface area contributed by atoms with Gasteiger partial charge in [0.2, 0.25) is 0 Å². The summed E-state index contributed by atoms with van der Waals surface area (Å²) >= 11 is 0. The summed E-state index contributed by atoms with van der Waals surface area (Å²) < 4.78 is 6.28. The van der Waals surface area contributed by atoms with Crippen molar-refractivity contribution in [3.05, 3.63) is 42.5 Å². The first-order chi connectivity index (χ1) is 8.74. The van der Waals surface area contributed by atoms with Crippen molar-refractivity contribution in [3.63, 3.8) is 0 Å². The van der Waals surface area contributed by atoms with Gasteiger partial charge < -0.3 is 9.84 Å². The summed E-state index contributed by atoms with van der Waals surface area (Å²) in [6.07, 6.45) is 1.55. The van der Waals surface area contributed by atoms with Gasteiger partial charge in [0.05, 0.1) is 12.3 Å². The second-order valence-electron chi connectivity index (χ2n) is 3.55. The molecule has 0 aliphatic heterocycles. The lowest BCUT2D eigenvalue weighted by molar-refractivity contribution is -0.153. The molecule has 0 aliphatic carbocycles. The third-order valence-electron chi connectivity index (χ3n) is 2.41. The lowest BCUT2D eigenvalue weighted by Gasteiger charge is -2.13. The zero-order chi connectivity index (χ0) is 13.0. The maximum Gasteiger partial charge on any atom is 0.339 e. The molecule has 0 spiro atoms. The monoisotopic (exact) mass is 247 g/mol. The van der Waals surface area contributed by atoms with Crippen LogP contribution >= 0.6 is 0 Å². The molecule has 18 heavy (non-hydrogen) atoms. The molecular formula is C12H13N3O3. The van der Waals surface area contributed by atoms with Crippen molar-refractivity contribution in [2.45, 2.75) is 13.0 Å². The van der Waals surface area contributed by atoms with Crippen molar-refractivity contribution < 1.29 is 14.6 Å². The van der Waals surface area contributed by atoms with Gasteiger partial charge in [0.25, 0.3) is 0 Å². The molecule has 0 fully saturated rings. The fourth-order valence-corrected chi connectivity index (χ4v) is 1.61. The van der Waals surface area contributed by atoms with Crippen molar-refractivity contribution in [2.75, 3.05) is 6.61 Å². The SMILES string of the molecule is CCOC(=O)C(O)c1ccccc1-n1cncn1. The number of aliphatic hydroxyl groups is 1. The van der Waals surface area contributed by atoms with Gasteiger partial charge in [0.15, 0.2) is 6.10 Å². The molecular weight excluding hydrogens is 234 g/mol. The van der Waals surface area contributed by atoms with Gasteiger partial charge in [-0.25, -0.2) is 14.5 Å². The number of aromatic nitrogens is 3. The van der Waals surface area contributed by atoms with E-state index in [1.165, 1.54) is 17.3 Å². The second-order valence-corrected chi connectivity index (χ2v) is 3.55. The quantitative estimate of drug-likeness (QED) is 0.811. The summed E-state index contributed by atoms with van der Waals surface area (Å²) in [6, 6.07) is 6.92. The van der Waals surface area contributed by atoms with Crippen LogP contribution in [-0.2, 0) is 9.53 Å². The van der Waals surface area contributed by atoms with Gasteiger partial charge in [-0.3, -0.25) is 0 Å². The van der Waals surface area contributed by atoms with Crippen LogP contribution < -0.4 is 0 Å². The molecule has 0 saturated heterocycles. The van der Waals surface area contributed by atoms with Crippen molar-refractivity contribution in [2.24, 2.45) is 0 Å². The molecule has 0 aliphatic rings. The molecule has 6 nitrogen and oxygen atoms in total. The van der Waals surface area contributed by atoms with Crippen LogP contribution in [0.5, 0.6) is 0 Å². The summed E-state index contributed by atoms with van der Waals surface area (Å²) in [7, 11) is 0. The zero-order valence-corrected chi connectivity index (χ0v) is 9.85. The Morgan fingerprint density at radius 2 is 2.28 bits per heavy atom. The van der Waals surface area contributed by atoms with E-state index in [1.807, 2.05) is 0 Å². The van der Waals surface area contributed by atoms with Gasteiger partial charge >= 0.3 is 5.97 Å². The maximum atomic E-state index is 11.5. The largest absolute Gasteiger partial charge is 0.464 e. The fourth-order valence-electron chi connectivity index (χ4n) is 1.61. The van der Waals surface area contributed by atoms with Gasteiger partial charge in [-0.1, -0.05) is 18.2 Å². The number of benzene rings is 1. The van der Waals surface area contributed by atoms with Gasteiger partial charge in [0, 0.05) is 5.56 Å².